The first-order valence-electron chi connectivity index (χ1n) is 27.5. The predicted octanol–water partition coefficient (Wildman–Crippen LogP) is 17.4. The molecule has 0 saturated carbocycles. The van der Waals surface area contributed by atoms with Crippen molar-refractivity contribution in [3.05, 3.63) is 265 Å². The largest absolute Gasteiger partial charge is 0.305 e. The third-order valence-corrected chi connectivity index (χ3v) is 16.5. The number of hydrogen-bond donors (Lipinski definition) is 0. The molecule has 0 aliphatic carbocycles. The summed E-state index contributed by atoms with van der Waals surface area (Å²) in [6.45, 7) is 0. The molecule has 386 valence electrons. The maximum Gasteiger partial charge on any atom is 0.165 e. The van der Waals surface area contributed by atoms with Gasteiger partial charge in [-0.3, -0.25) is 9.13 Å². The number of pyridine rings is 2. The van der Waals surface area contributed by atoms with Gasteiger partial charge in [0, 0.05) is 59.8 Å². The van der Waals surface area contributed by atoms with Crippen LogP contribution in [0.1, 0.15) is 22.3 Å². The van der Waals surface area contributed by atoms with E-state index in [1.807, 2.05) is 133 Å². The van der Waals surface area contributed by atoms with Crippen molar-refractivity contribution >= 4 is 87.2 Å². The highest BCUT2D eigenvalue weighted by molar-refractivity contribution is 6.16. The van der Waals surface area contributed by atoms with Gasteiger partial charge in [-0.15, -0.1) is 0 Å². The molecule has 0 spiro atoms. The average molecular weight is 1070 g/mol. The summed E-state index contributed by atoms with van der Waals surface area (Å²) in [5.74, 6) is 1.14. The van der Waals surface area contributed by atoms with E-state index in [0.717, 1.165) is 132 Å². The highest BCUT2D eigenvalue weighted by Crippen LogP contribution is 2.51. The van der Waals surface area contributed by atoms with Crippen LogP contribution in [0.2, 0.25) is 0 Å². The van der Waals surface area contributed by atoms with E-state index in [2.05, 4.69) is 152 Å². The number of fused-ring (bicyclic) bond motifs is 12. The zero-order valence-electron chi connectivity index (χ0n) is 44.6. The Morgan fingerprint density at radius 2 is 0.595 bits per heavy atom. The van der Waals surface area contributed by atoms with Gasteiger partial charge in [0.05, 0.1) is 102 Å². The van der Waals surface area contributed by atoms with Crippen LogP contribution in [0.5, 0.6) is 0 Å². The summed E-state index contributed by atoms with van der Waals surface area (Å²) in [5, 5.41) is 49.3. The second-order valence-corrected chi connectivity index (χ2v) is 20.9. The van der Waals surface area contributed by atoms with Crippen molar-refractivity contribution in [2.75, 3.05) is 0 Å². The number of para-hydroxylation sites is 4. The fourth-order valence-electron chi connectivity index (χ4n) is 12.9. The van der Waals surface area contributed by atoms with Gasteiger partial charge in [-0.2, -0.15) is 21.0 Å². The molecule has 16 rings (SSSR count). The number of rotatable bonds is 7. The van der Waals surface area contributed by atoms with Gasteiger partial charge in [-0.25, -0.2) is 9.97 Å². The number of hydrogen-bond acceptors (Lipinski definition) is 6. The zero-order chi connectivity index (χ0) is 56.2. The Hall–Kier alpha value is -12.3. The summed E-state index contributed by atoms with van der Waals surface area (Å²) in [5.41, 5.74) is 15.4. The Morgan fingerprint density at radius 1 is 0.262 bits per heavy atom. The summed E-state index contributed by atoms with van der Waals surface area (Å²) in [4.78, 5) is 11.8. The molecule has 0 radical (unpaired) electrons. The predicted molar refractivity (Wildman–Crippen MR) is 335 cm³/mol. The number of nitrogens with zero attached hydrogens (tertiary/aromatic N) is 10. The topological polar surface area (TPSA) is 141 Å². The lowest BCUT2D eigenvalue weighted by Gasteiger charge is -2.27. The van der Waals surface area contributed by atoms with E-state index < -0.39 is 0 Å². The maximum atomic E-state index is 10.5. The zero-order valence-corrected chi connectivity index (χ0v) is 44.6. The molecule has 10 heteroatoms. The van der Waals surface area contributed by atoms with Crippen LogP contribution in [0.3, 0.4) is 0 Å². The standard InChI is InChI=1S/C74H40N10/c75-41-45-29-33-66-56(37-45)51-18-6-10-25-62(51)81(66)71-70(55-22-5-4-17-50(55)61-24-14-23-60(79-61)49-15-2-1-3-16-49)72(82-63-26-11-7-19-52(63)57-38-46(42-76)30-34-67(57)82)74(84-65-28-13-9-21-54(65)59-40-48(44-78)32-36-69(59)84)80-73(71)83-64-27-12-8-20-53(64)58-39-47(43-77)31-35-68(58)83/h1-40H. The van der Waals surface area contributed by atoms with Crippen molar-refractivity contribution in [1.82, 2.24) is 28.2 Å². The third-order valence-electron chi connectivity index (χ3n) is 16.5. The van der Waals surface area contributed by atoms with Crippen molar-refractivity contribution in [2.45, 2.75) is 0 Å². The minimum Gasteiger partial charge on any atom is -0.305 e. The first-order valence-corrected chi connectivity index (χ1v) is 27.5. The van der Waals surface area contributed by atoms with Crippen LogP contribution in [0.4, 0.5) is 0 Å². The molecular weight excluding hydrogens is 1030 g/mol. The van der Waals surface area contributed by atoms with Crippen LogP contribution in [0.25, 0.3) is 144 Å². The van der Waals surface area contributed by atoms with Crippen molar-refractivity contribution in [1.29, 1.82) is 21.0 Å². The second kappa shape index (κ2) is 18.6. The molecular formula is C74H40N10. The molecule has 0 N–H and O–H groups in total. The van der Waals surface area contributed by atoms with Gasteiger partial charge < -0.3 is 9.13 Å². The molecule has 0 saturated heterocycles. The van der Waals surface area contributed by atoms with Crippen molar-refractivity contribution in [3.63, 3.8) is 0 Å². The molecule has 10 nitrogen and oxygen atoms in total. The Balaban J connectivity index is 1.23. The van der Waals surface area contributed by atoms with Crippen LogP contribution in [0.15, 0.2) is 243 Å². The molecule has 6 aromatic heterocycles. The molecule has 6 heterocycles. The van der Waals surface area contributed by atoms with Crippen LogP contribution < -0.4 is 0 Å². The molecule has 0 aliphatic rings. The average Bonchev–Trinajstić information content (AvgIpc) is 2.24. The molecule has 84 heavy (non-hydrogen) atoms. The molecule has 0 atom stereocenters. The van der Waals surface area contributed by atoms with Gasteiger partial charge in [0.1, 0.15) is 11.4 Å². The van der Waals surface area contributed by atoms with E-state index in [4.69, 9.17) is 9.97 Å². The van der Waals surface area contributed by atoms with Gasteiger partial charge in [0.25, 0.3) is 0 Å². The minimum atomic E-state index is 0.526. The van der Waals surface area contributed by atoms with E-state index in [9.17, 15) is 21.0 Å². The lowest BCUT2D eigenvalue weighted by Crippen LogP contribution is -2.16. The van der Waals surface area contributed by atoms with Crippen LogP contribution in [-0.2, 0) is 0 Å². The molecule has 0 fully saturated rings. The van der Waals surface area contributed by atoms with Gasteiger partial charge in [0.2, 0.25) is 0 Å². The number of nitriles is 4. The molecule has 10 aromatic carbocycles. The smallest absolute Gasteiger partial charge is 0.165 e. The summed E-state index contributed by atoms with van der Waals surface area (Å²) in [6, 6.07) is 91.2. The lowest BCUT2D eigenvalue weighted by molar-refractivity contribution is 0.961. The molecule has 0 amide bonds. The van der Waals surface area contributed by atoms with Crippen LogP contribution >= 0.6 is 0 Å². The van der Waals surface area contributed by atoms with E-state index in [1.165, 1.54) is 0 Å². The van der Waals surface area contributed by atoms with E-state index in [0.29, 0.717) is 33.9 Å². The lowest BCUT2D eigenvalue weighted by atomic mass is 9.93. The van der Waals surface area contributed by atoms with Gasteiger partial charge in [-0.05, 0) is 115 Å². The summed E-state index contributed by atoms with van der Waals surface area (Å²) < 4.78 is 9.12. The van der Waals surface area contributed by atoms with E-state index in [1.54, 1.807) is 0 Å². The monoisotopic (exact) mass is 1070 g/mol. The molecule has 16 aromatic rings. The molecule has 0 aliphatic heterocycles. The van der Waals surface area contributed by atoms with E-state index in [-0.39, 0.29) is 0 Å². The number of aromatic nitrogens is 6. The second-order valence-electron chi connectivity index (χ2n) is 20.9. The Kier molecular flexibility index (Phi) is 10.6. The van der Waals surface area contributed by atoms with Crippen molar-refractivity contribution in [2.24, 2.45) is 0 Å². The highest BCUT2D eigenvalue weighted by Gasteiger charge is 2.34. The Labute approximate surface area is 479 Å². The van der Waals surface area contributed by atoms with Gasteiger partial charge in [0.15, 0.2) is 11.6 Å². The summed E-state index contributed by atoms with van der Waals surface area (Å²) in [7, 11) is 0. The normalized spacial score (nSPS) is 11.5. The summed E-state index contributed by atoms with van der Waals surface area (Å²) in [6.07, 6.45) is 0. The van der Waals surface area contributed by atoms with Crippen molar-refractivity contribution < 1.29 is 0 Å². The van der Waals surface area contributed by atoms with Crippen molar-refractivity contribution in [3.8, 4) is 80.9 Å². The minimum absolute atomic E-state index is 0.526. The fraction of sp³-hybridized carbons (Fsp3) is 0. The van der Waals surface area contributed by atoms with Crippen LogP contribution in [-0.4, -0.2) is 28.2 Å². The SMILES string of the molecule is N#Cc1ccc2c(c1)c1ccccc1n2-c1nc(-n2c3ccccc3c3cc(C#N)ccc32)c(-n2c3ccccc3c3cc(C#N)ccc32)c(-c2ccccc2-c2cccc(-c3ccccc3)n2)c1-n1c2ccccc2c2cc(C#N)ccc21. The Bertz CT molecular complexity index is 5400. The summed E-state index contributed by atoms with van der Waals surface area (Å²) >= 11 is 0. The third kappa shape index (κ3) is 7.00. The van der Waals surface area contributed by atoms with Gasteiger partial charge >= 0.3 is 0 Å². The fourth-order valence-corrected chi connectivity index (χ4v) is 12.9. The Morgan fingerprint density at radius 3 is 1.01 bits per heavy atom. The van der Waals surface area contributed by atoms with Crippen LogP contribution in [0, 0.1) is 45.3 Å². The quantitative estimate of drug-likeness (QED) is 0.156. The molecule has 0 bridgehead atoms. The van der Waals surface area contributed by atoms with E-state index >= 15 is 0 Å². The maximum absolute atomic E-state index is 10.5. The number of benzene rings is 10. The first-order chi connectivity index (χ1) is 41.5. The molecule has 0 unspecified atom stereocenters. The van der Waals surface area contributed by atoms with Gasteiger partial charge in [-0.1, -0.05) is 133 Å². The first kappa shape index (κ1) is 47.6. The highest BCUT2D eigenvalue weighted by atomic mass is 15.2.